The van der Waals surface area contributed by atoms with Gasteiger partial charge in [0.15, 0.2) is 0 Å². The molecule has 18 heavy (non-hydrogen) atoms. The van der Waals surface area contributed by atoms with Crippen molar-refractivity contribution in [2.75, 3.05) is 13.2 Å². The van der Waals surface area contributed by atoms with E-state index in [4.69, 9.17) is 4.74 Å². The Morgan fingerprint density at radius 3 is 2.11 bits per heavy atom. The van der Waals surface area contributed by atoms with Crippen LogP contribution in [0.5, 0.6) is 5.75 Å². The Bertz CT molecular complexity index is 349. The Kier molecular flexibility index (Phi) is 5.86. The molecule has 0 saturated heterocycles. The van der Waals surface area contributed by atoms with Gasteiger partial charge in [0.05, 0.1) is 0 Å². The van der Waals surface area contributed by atoms with Gasteiger partial charge in [-0.25, -0.2) is 0 Å². The molecule has 0 bridgehead atoms. The van der Waals surface area contributed by atoms with Crippen molar-refractivity contribution in [3.05, 3.63) is 29.8 Å². The summed E-state index contributed by atoms with van der Waals surface area (Å²) in [5, 5.41) is 0. The van der Waals surface area contributed by atoms with Crippen LogP contribution in [-0.2, 0) is 0 Å². The molecule has 1 rings (SSSR count). The van der Waals surface area contributed by atoms with Gasteiger partial charge in [-0.3, -0.25) is 9.69 Å². The molecule has 0 saturated carbocycles. The number of hydrogen-bond acceptors (Lipinski definition) is 3. The predicted octanol–water partition coefficient (Wildman–Crippen LogP) is 3.00. The van der Waals surface area contributed by atoms with Crippen molar-refractivity contribution in [3.8, 4) is 5.75 Å². The Morgan fingerprint density at radius 2 is 1.67 bits per heavy atom. The quantitative estimate of drug-likeness (QED) is 0.696. The van der Waals surface area contributed by atoms with Crippen molar-refractivity contribution in [2.24, 2.45) is 0 Å². The first-order valence-corrected chi connectivity index (χ1v) is 6.48. The minimum Gasteiger partial charge on any atom is -0.492 e. The number of hydrogen-bond donors (Lipinski definition) is 0. The van der Waals surface area contributed by atoms with E-state index in [0.29, 0.717) is 24.3 Å². The third kappa shape index (κ3) is 4.49. The van der Waals surface area contributed by atoms with Crippen molar-refractivity contribution in [3.63, 3.8) is 0 Å². The second-order valence-corrected chi connectivity index (χ2v) is 4.96. The maximum atomic E-state index is 10.5. The van der Waals surface area contributed by atoms with E-state index in [9.17, 15) is 4.79 Å². The smallest absolute Gasteiger partial charge is 0.150 e. The molecule has 0 N–H and O–H groups in total. The van der Waals surface area contributed by atoms with Crippen LogP contribution in [0.1, 0.15) is 38.1 Å². The monoisotopic (exact) mass is 249 g/mol. The third-order valence-corrected chi connectivity index (χ3v) is 2.96. The highest BCUT2D eigenvalue weighted by Gasteiger charge is 2.12. The summed E-state index contributed by atoms with van der Waals surface area (Å²) in [7, 11) is 0. The molecule has 0 heterocycles. The zero-order valence-electron chi connectivity index (χ0n) is 11.7. The van der Waals surface area contributed by atoms with Crippen LogP contribution in [0.15, 0.2) is 24.3 Å². The molecule has 3 heteroatoms. The van der Waals surface area contributed by atoms with Gasteiger partial charge >= 0.3 is 0 Å². The van der Waals surface area contributed by atoms with Gasteiger partial charge in [0.25, 0.3) is 0 Å². The highest BCUT2D eigenvalue weighted by atomic mass is 16.5. The standard InChI is InChI=1S/C15H23NO2/c1-12(2)16(13(3)4)9-10-18-15-7-5-14(11-17)6-8-15/h5-8,11-13H,9-10H2,1-4H3. The molecule has 1 aromatic rings. The molecule has 0 amide bonds. The van der Waals surface area contributed by atoms with Crippen molar-refractivity contribution in [1.29, 1.82) is 0 Å². The molecule has 0 aliphatic heterocycles. The van der Waals surface area contributed by atoms with Crippen LogP contribution in [-0.4, -0.2) is 36.4 Å². The summed E-state index contributed by atoms with van der Waals surface area (Å²) in [4.78, 5) is 12.9. The number of carbonyl (C=O) groups is 1. The lowest BCUT2D eigenvalue weighted by atomic mass is 10.2. The van der Waals surface area contributed by atoms with Gasteiger partial charge in [0.1, 0.15) is 18.6 Å². The van der Waals surface area contributed by atoms with Gasteiger partial charge in [-0.15, -0.1) is 0 Å². The molecule has 0 aromatic heterocycles. The first-order chi connectivity index (χ1) is 8.54. The highest BCUT2D eigenvalue weighted by Crippen LogP contribution is 2.11. The molecule has 0 aliphatic carbocycles. The maximum Gasteiger partial charge on any atom is 0.150 e. The van der Waals surface area contributed by atoms with E-state index >= 15 is 0 Å². The Labute approximate surface area is 110 Å². The van der Waals surface area contributed by atoms with Gasteiger partial charge in [0, 0.05) is 24.2 Å². The second-order valence-electron chi connectivity index (χ2n) is 4.96. The normalized spacial score (nSPS) is 11.3. The summed E-state index contributed by atoms with van der Waals surface area (Å²) in [6, 6.07) is 8.24. The molecular formula is C15H23NO2. The molecule has 0 spiro atoms. The lowest BCUT2D eigenvalue weighted by molar-refractivity contribution is 0.112. The third-order valence-electron chi connectivity index (χ3n) is 2.96. The number of aldehydes is 1. The molecule has 0 unspecified atom stereocenters. The largest absolute Gasteiger partial charge is 0.492 e. The minimum absolute atomic E-state index is 0.519. The van der Waals surface area contributed by atoms with Gasteiger partial charge in [-0.05, 0) is 52.0 Å². The van der Waals surface area contributed by atoms with Gasteiger partial charge in [0.2, 0.25) is 0 Å². The topological polar surface area (TPSA) is 29.5 Å². The summed E-state index contributed by atoms with van der Waals surface area (Å²) in [6.45, 7) is 10.3. The average molecular weight is 249 g/mol. The maximum absolute atomic E-state index is 10.5. The molecule has 3 nitrogen and oxygen atoms in total. The number of benzene rings is 1. The van der Waals surface area contributed by atoms with Crippen LogP contribution < -0.4 is 4.74 Å². The fourth-order valence-corrected chi connectivity index (χ4v) is 2.02. The van der Waals surface area contributed by atoms with Crippen molar-refractivity contribution < 1.29 is 9.53 Å². The lowest BCUT2D eigenvalue weighted by Crippen LogP contribution is -2.39. The summed E-state index contributed by atoms with van der Waals surface area (Å²) in [5.41, 5.74) is 0.674. The summed E-state index contributed by atoms with van der Waals surface area (Å²) in [5.74, 6) is 0.813. The number of ether oxygens (including phenoxy) is 1. The van der Waals surface area contributed by atoms with E-state index in [1.165, 1.54) is 0 Å². The molecule has 0 radical (unpaired) electrons. The SMILES string of the molecule is CC(C)N(CCOc1ccc(C=O)cc1)C(C)C. The van der Waals surface area contributed by atoms with E-state index in [0.717, 1.165) is 18.6 Å². The van der Waals surface area contributed by atoms with E-state index in [-0.39, 0.29) is 0 Å². The minimum atomic E-state index is 0.519. The van der Waals surface area contributed by atoms with Crippen LogP contribution in [0.4, 0.5) is 0 Å². The van der Waals surface area contributed by atoms with Crippen molar-refractivity contribution in [2.45, 2.75) is 39.8 Å². The molecule has 0 fully saturated rings. The first kappa shape index (κ1) is 14.7. The fourth-order valence-electron chi connectivity index (χ4n) is 2.02. The van der Waals surface area contributed by atoms with Crippen LogP contribution >= 0.6 is 0 Å². The molecule has 0 aliphatic rings. The zero-order valence-corrected chi connectivity index (χ0v) is 11.7. The second kappa shape index (κ2) is 7.17. The van der Waals surface area contributed by atoms with Crippen LogP contribution in [0.25, 0.3) is 0 Å². The average Bonchev–Trinajstić information content (AvgIpc) is 2.34. The molecule has 100 valence electrons. The van der Waals surface area contributed by atoms with E-state index in [2.05, 4.69) is 32.6 Å². The summed E-state index contributed by atoms with van der Waals surface area (Å²) >= 11 is 0. The van der Waals surface area contributed by atoms with E-state index in [1.807, 2.05) is 12.1 Å². The van der Waals surface area contributed by atoms with Crippen molar-refractivity contribution in [1.82, 2.24) is 4.90 Å². The highest BCUT2D eigenvalue weighted by molar-refractivity contribution is 5.74. The number of carbonyl (C=O) groups excluding carboxylic acids is 1. The predicted molar refractivity (Wildman–Crippen MR) is 74.3 cm³/mol. The fraction of sp³-hybridized carbons (Fsp3) is 0.533. The Hall–Kier alpha value is -1.35. The lowest BCUT2D eigenvalue weighted by Gasteiger charge is -2.30. The van der Waals surface area contributed by atoms with Gasteiger partial charge in [-0.1, -0.05) is 0 Å². The van der Waals surface area contributed by atoms with E-state index < -0.39 is 0 Å². The van der Waals surface area contributed by atoms with Crippen LogP contribution in [0.2, 0.25) is 0 Å². The number of rotatable bonds is 7. The first-order valence-electron chi connectivity index (χ1n) is 6.48. The van der Waals surface area contributed by atoms with Crippen LogP contribution in [0.3, 0.4) is 0 Å². The van der Waals surface area contributed by atoms with Crippen molar-refractivity contribution >= 4 is 6.29 Å². The van der Waals surface area contributed by atoms with E-state index in [1.54, 1.807) is 12.1 Å². The van der Waals surface area contributed by atoms with Crippen LogP contribution in [0, 0.1) is 0 Å². The Morgan fingerprint density at radius 1 is 1.11 bits per heavy atom. The molecule has 1 aromatic carbocycles. The molecule has 0 atom stereocenters. The molecular weight excluding hydrogens is 226 g/mol. The zero-order chi connectivity index (χ0) is 13.5. The number of nitrogens with zero attached hydrogens (tertiary/aromatic N) is 1. The summed E-state index contributed by atoms with van der Waals surface area (Å²) in [6.07, 6.45) is 0.836. The van der Waals surface area contributed by atoms with Gasteiger partial charge < -0.3 is 4.74 Å². The Balaban J connectivity index is 2.42. The van der Waals surface area contributed by atoms with Gasteiger partial charge in [-0.2, -0.15) is 0 Å². The summed E-state index contributed by atoms with van der Waals surface area (Å²) < 4.78 is 5.68.